The maximum Gasteiger partial charge on any atom is 0.272 e. The minimum absolute atomic E-state index is 0.0169. The van der Waals surface area contributed by atoms with E-state index in [4.69, 9.17) is 0 Å². The second-order valence-electron chi connectivity index (χ2n) is 4.64. The van der Waals surface area contributed by atoms with E-state index in [-0.39, 0.29) is 11.9 Å². The average Bonchev–Trinajstić information content (AvgIpc) is 2.39. The first-order chi connectivity index (χ1) is 9.19. The summed E-state index contributed by atoms with van der Waals surface area (Å²) in [6.07, 6.45) is 3.67. The van der Waals surface area contributed by atoms with Crippen LogP contribution in [0, 0.1) is 6.92 Å². The summed E-state index contributed by atoms with van der Waals surface area (Å²) in [5.41, 5.74) is 11.3. The predicted octanol–water partition coefficient (Wildman–Crippen LogP) is 2.79. The third kappa shape index (κ3) is 2.55. The Morgan fingerprint density at radius 1 is 1.53 bits per heavy atom. The summed E-state index contributed by atoms with van der Waals surface area (Å²) in [5, 5.41) is 1.61. The van der Waals surface area contributed by atoms with Crippen LogP contribution in [-0.2, 0) is 0 Å². The molecule has 19 heavy (non-hydrogen) atoms. The van der Waals surface area contributed by atoms with E-state index >= 15 is 0 Å². The van der Waals surface area contributed by atoms with Crippen molar-refractivity contribution in [2.75, 3.05) is 5.43 Å². The number of rotatable bonds is 4. The lowest BCUT2D eigenvalue weighted by molar-refractivity contribution is 0.0592. The molecule has 0 saturated heterocycles. The molecule has 100 valence electrons. The van der Waals surface area contributed by atoms with Crippen LogP contribution in [0.3, 0.4) is 0 Å². The van der Waals surface area contributed by atoms with E-state index in [1.54, 1.807) is 5.01 Å². The van der Waals surface area contributed by atoms with E-state index in [2.05, 4.69) is 30.2 Å². The molecule has 2 rings (SSSR count). The van der Waals surface area contributed by atoms with Gasteiger partial charge in [0.1, 0.15) is 0 Å². The standard InChI is InChI=1S/C15H19N3O/c1-4-7-12(8-5-2)18-15(19)14-11(3)9-6-10-13(14)16-17-18/h6-7,9-10,12,16-17H,1,5,8H2,2-3H3. The molecular formula is C15H19N3O. The highest BCUT2D eigenvalue weighted by atomic mass is 16.2. The van der Waals surface area contributed by atoms with Crippen molar-refractivity contribution in [2.45, 2.75) is 32.7 Å². The Morgan fingerprint density at radius 2 is 2.32 bits per heavy atom. The van der Waals surface area contributed by atoms with E-state index in [0.29, 0.717) is 0 Å². The van der Waals surface area contributed by atoms with E-state index in [1.165, 1.54) is 0 Å². The number of hydrogen-bond donors (Lipinski definition) is 2. The molecule has 4 nitrogen and oxygen atoms in total. The van der Waals surface area contributed by atoms with Crippen LogP contribution in [0.25, 0.3) is 0 Å². The summed E-state index contributed by atoms with van der Waals surface area (Å²) in [7, 11) is 0. The molecule has 1 aliphatic rings. The van der Waals surface area contributed by atoms with Crippen molar-refractivity contribution in [3.63, 3.8) is 0 Å². The van der Waals surface area contributed by atoms with Gasteiger partial charge in [0.05, 0.1) is 17.3 Å². The van der Waals surface area contributed by atoms with Crippen molar-refractivity contribution in [2.24, 2.45) is 0 Å². The molecule has 1 unspecified atom stereocenters. The number of nitrogens with zero attached hydrogens (tertiary/aromatic N) is 1. The number of hydrogen-bond acceptors (Lipinski definition) is 3. The highest BCUT2D eigenvalue weighted by Crippen LogP contribution is 2.25. The molecule has 0 fully saturated rings. The SMILES string of the molecule is C=C=CC(CCC)N1NNc2cccc(C)c2C1=O. The maximum atomic E-state index is 12.6. The maximum absolute atomic E-state index is 12.6. The van der Waals surface area contributed by atoms with Crippen LogP contribution in [0.5, 0.6) is 0 Å². The lowest BCUT2D eigenvalue weighted by Crippen LogP contribution is -2.54. The molecule has 4 heteroatoms. The number of hydrazine groups is 2. The molecule has 0 spiro atoms. The number of anilines is 1. The number of fused-ring (bicyclic) bond motifs is 1. The largest absolute Gasteiger partial charge is 0.303 e. The summed E-state index contributed by atoms with van der Waals surface area (Å²) in [6, 6.07) is 5.72. The molecule has 0 aliphatic carbocycles. The summed E-state index contributed by atoms with van der Waals surface area (Å²) < 4.78 is 0. The topological polar surface area (TPSA) is 44.4 Å². The highest BCUT2D eigenvalue weighted by Gasteiger charge is 2.29. The zero-order valence-corrected chi connectivity index (χ0v) is 11.4. The zero-order chi connectivity index (χ0) is 13.8. The quantitative estimate of drug-likeness (QED) is 0.815. The fourth-order valence-corrected chi connectivity index (χ4v) is 2.30. The smallest absolute Gasteiger partial charge is 0.272 e. The number of carbonyl (C=O) groups excluding carboxylic acids is 1. The van der Waals surface area contributed by atoms with Crippen molar-refractivity contribution >= 4 is 11.6 Å². The second-order valence-corrected chi connectivity index (χ2v) is 4.64. The van der Waals surface area contributed by atoms with Gasteiger partial charge in [-0.15, -0.1) is 11.3 Å². The Morgan fingerprint density at radius 3 is 3.00 bits per heavy atom. The molecule has 0 radical (unpaired) electrons. The second kappa shape index (κ2) is 5.74. The van der Waals surface area contributed by atoms with Crippen molar-refractivity contribution in [3.8, 4) is 0 Å². The molecule has 1 amide bonds. The molecule has 1 atom stereocenters. The Kier molecular flexibility index (Phi) is 4.05. The van der Waals surface area contributed by atoms with Gasteiger partial charge in [-0.1, -0.05) is 32.1 Å². The van der Waals surface area contributed by atoms with Gasteiger partial charge in [-0.25, -0.2) is 5.01 Å². The van der Waals surface area contributed by atoms with Gasteiger partial charge in [0.2, 0.25) is 0 Å². The van der Waals surface area contributed by atoms with Crippen LogP contribution in [0.4, 0.5) is 5.69 Å². The lowest BCUT2D eigenvalue weighted by Gasteiger charge is -2.35. The molecule has 0 aromatic heterocycles. The predicted molar refractivity (Wildman–Crippen MR) is 76.5 cm³/mol. The summed E-state index contributed by atoms with van der Waals surface area (Å²) in [4.78, 5) is 12.6. The Hall–Kier alpha value is -2.03. The lowest BCUT2D eigenvalue weighted by atomic mass is 10.0. The van der Waals surface area contributed by atoms with Gasteiger partial charge in [-0.3, -0.25) is 4.79 Å². The van der Waals surface area contributed by atoms with Crippen LogP contribution < -0.4 is 11.0 Å². The fraction of sp³-hybridized carbons (Fsp3) is 0.333. The van der Waals surface area contributed by atoms with Gasteiger partial charge < -0.3 is 5.43 Å². The number of nitrogens with one attached hydrogen (secondary N) is 2. The number of benzene rings is 1. The molecule has 1 aliphatic heterocycles. The monoisotopic (exact) mass is 257 g/mol. The van der Waals surface area contributed by atoms with Gasteiger partial charge >= 0.3 is 0 Å². The Labute approximate surface area is 113 Å². The van der Waals surface area contributed by atoms with E-state index in [1.807, 2.05) is 31.2 Å². The molecule has 0 saturated carbocycles. The van der Waals surface area contributed by atoms with E-state index in [9.17, 15) is 4.79 Å². The molecular weight excluding hydrogens is 238 g/mol. The first-order valence-corrected chi connectivity index (χ1v) is 6.49. The number of carbonyl (C=O) groups is 1. The molecule has 1 heterocycles. The van der Waals surface area contributed by atoms with Crippen molar-refractivity contribution in [3.05, 3.63) is 47.7 Å². The highest BCUT2D eigenvalue weighted by molar-refractivity contribution is 6.02. The van der Waals surface area contributed by atoms with Gasteiger partial charge in [0.15, 0.2) is 0 Å². The van der Waals surface area contributed by atoms with Crippen LogP contribution in [0.15, 0.2) is 36.6 Å². The minimum atomic E-state index is -0.0461. The van der Waals surface area contributed by atoms with Crippen molar-refractivity contribution < 1.29 is 4.79 Å². The number of aryl methyl sites for hydroxylation is 1. The average molecular weight is 257 g/mol. The van der Waals surface area contributed by atoms with Crippen LogP contribution in [-0.4, -0.2) is 17.0 Å². The molecule has 1 aromatic rings. The normalized spacial score (nSPS) is 15.3. The zero-order valence-electron chi connectivity index (χ0n) is 11.4. The van der Waals surface area contributed by atoms with Crippen LogP contribution in [0.2, 0.25) is 0 Å². The Bertz CT molecular complexity index is 532. The van der Waals surface area contributed by atoms with E-state index in [0.717, 1.165) is 29.7 Å². The third-order valence-corrected chi connectivity index (χ3v) is 3.24. The van der Waals surface area contributed by atoms with Gasteiger partial charge in [-0.05, 0) is 31.1 Å². The first kappa shape index (κ1) is 13.4. The summed E-state index contributed by atoms with van der Waals surface area (Å²) >= 11 is 0. The third-order valence-electron chi connectivity index (χ3n) is 3.24. The van der Waals surface area contributed by atoms with Crippen LogP contribution in [0.1, 0.15) is 35.7 Å². The first-order valence-electron chi connectivity index (χ1n) is 6.49. The molecule has 2 N–H and O–H groups in total. The fourth-order valence-electron chi connectivity index (χ4n) is 2.30. The summed E-state index contributed by atoms with van der Waals surface area (Å²) in [5.74, 6) is -0.0169. The molecule has 1 aromatic carbocycles. The van der Waals surface area contributed by atoms with E-state index < -0.39 is 0 Å². The minimum Gasteiger partial charge on any atom is -0.303 e. The Balaban J connectivity index is 2.34. The summed E-state index contributed by atoms with van der Waals surface area (Å²) in [6.45, 7) is 7.63. The van der Waals surface area contributed by atoms with Crippen LogP contribution >= 0.6 is 0 Å². The van der Waals surface area contributed by atoms with Gasteiger partial charge in [-0.2, -0.15) is 0 Å². The van der Waals surface area contributed by atoms with Crippen molar-refractivity contribution in [1.29, 1.82) is 0 Å². The van der Waals surface area contributed by atoms with Gasteiger partial charge in [0.25, 0.3) is 5.91 Å². The number of amides is 1. The molecule has 0 bridgehead atoms. The van der Waals surface area contributed by atoms with Gasteiger partial charge in [0, 0.05) is 0 Å². The van der Waals surface area contributed by atoms with Crippen molar-refractivity contribution in [1.82, 2.24) is 10.5 Å².